The molecule has 0 spiro atoms. The Bertz CT molecular complexity index is 1360. The summed E-state index contributed by atoms with van der Waals surface area (Å²) in [5.41, 5.74) is 1.91. The van der Waals surface area contributed by atoms with Gasteiger partial charge in [0.15, 0.2) is 0 Å². The Labute approximate surface area is 255 Å². The number of benzene rings is 3. The molecule has 2 aliphatic heterocycles. The zero-order chi connectivity index (χ0) is 29.6. The standard InChI is InChI=1S/C35H45ClN4O2/c1-4-25(26-8-6-5-7-9-26)23-40-19-16-32(38-33(35(40)42)27-14-17-39(18-15-27)24(2)3)22-37-34(41)30-11-10-29-21-31(36)13-12-28(29)20-30/h5-13,20-21,24-25,27,32-33,38H,4,14-19,22-23H2,1-3H3,(H,37,41)/t25?,32?,33-/m0/s1. The van der Waals surface area contributed by atoms with E-state index in [1.165, 1.54) is 5.56 Å². The van der Waals surface area contributed by atoms with Crippen molar-refractivity contribution in [3.63, 3.8) is 0 Å². The van der Waals surface area contributed by atoms with Crippen LogP contribution < -0.4 is 10.6 Å². The van der Waals surface area contributed by atoms with E-state index < -0.39 is 0 Å². The Morgan fingerprint density at radius 2 is 1.69 bits per heavy atom. The molecule has 0 aliphatic carbocycles. The van der Waals surface area contributed by atoms with Crippen molar-refractivity contribution in [1.29, 1.82) is 0 Å². The van der Waals surface area contributed by atoms with Crippen LogP contribution in [0.3, 0.4) is 0 Å². The highest BCUT2D eigenvalue weighted by Crippen LogP contribution is 2.28. The highest BCUT2D eigenvalue weighted by molar-refractivity contribution is 6.31. The molecule has 2 N–H and O–H groups in total. The van der Waals surface area contributed by atoms with Crippen LogP contribution in [0.15, 0.2) is 66.7 Å². The fourth-order valence-corrected chi connectivity index (χ4v) is 6.79. The van der Waals surface area contributed by atoms with E-state index in [9.17, 15) is 9.59 Å². The molecule has 2 saturated heterocycles. The highest BCUT2D eigenvalue weighted by atomic mass is 35.5. The van der Waals surface area contributed by atoms with Gasteiger partial charge in [0.1, 0.15) is 0 Å². The molecule has 0 radical (unpaired) electrons. The first-order valence-corrected chi connectivity index (χ1v) is 16.0. The third-order valence-electron chi connectivity index (χ3n) is 9.29. The van der Waals surface area contributed by atoms with Gasteiger partial charge >= 0.3 is 0 Å². The van der Waals surface area contributed by atoms with Gasteiger partial charge in [0.05, 0.1) is 6.04 Å². The van der Waals surface area contributed by atoms with Gasteiger partial charge in [-0.1, -0.05) is 61.0 Å². The zero-order valence-corrected chi connectivity index (χ0v) is 25.9. The van der Waals surface area contributed by atoms with Crippen molar-refractivity contribution in [3.8, 4) is 0 Å². The molecular formula is C35H45ClN4O2. The number of likely N-dealkylation sites (tertiary alicyclic amines) is 1. The molecule has 0 bridgehead atoms. The first kappa shape index (κ1) is 30.5. The summed E-state index contributed by atoms with van der Waals surface area (Å²) in [4.78, 5) is 31.9. The second kappa shape index (κ2) is 14.0. The van der Waals surface area contributed by atoms with Gasteiger partial charge in [-0.05, 0) is 99.1 Å². The van der Waals surface area contributed by atoms with E-state index >= 15 is 0 Å². The second-order valence-electron chi connectivity index (χ2n) is 12.3. The number of nitrogens with one attached hydrogen (secondary N) is 2. The van der Waals surface area contributed by atoms with E-state index in [2.05, 4.69) is 65.5 Å². The number of carbonyl (C=O) groups is 2. The molecule has 3 aromatic carbocycles. The molecule has 0 saturated carbocycles. The molecular weight excluding hydrogens is 544 g/mol. The predicted molar refractivity (Wildman–Crippen MR) is 172 cm³/mol. The summed E-state index contributed by atoms with van der Waals surface area (Å²) in [5.74, 6) is 0.709. The lowest BCUT2D eigenvalue weighted by Crippen LogP contribution is -2.55. The minimum Gasteiger partial charge on any atom is -0.350 e. The van der Waals surface area contributed by atoms with Crippen LogP contribution >= 0.6 is 11.6 Å². The molecule has 6 nitrogen and oxygen atoms in total. The minimum absolute atomic E-state index is 0.0205. The Morgan fingerprint density at radius 1 is 0.976 bits per heavy atom. The topological polar surface area (TPSA) is 64.7 Å². The molecule has 2 amide bonds. The van der Waals surface area contributed by atoms with Crippen molar-refractivity contribution >= 4 is 34.2 Å². The van der Waals surface area contributed by atoms with Crippen molar-refractivity contribution in [3.05, 3.63) is 82.9 Å². The maximum absolute atomic E-state index is 14.1. The fourth-order valence-electron chi connectivity index (χ4n) is 6.61. The van der Waals surface area contributed by atoms with Crippen LogP contribution in [0.1, 0.15) is 68.3 Å². The average Bonchev–Trinajstić information content (AvgIpc) is 3.17. The van der Waals surface area contributed by atoms with Gasteiger partial charge in [0, 0.05) is 48.2 Å². The number of hydrogen-bond acceptors (Lipinski definition) is 4. The Balaban J connectivity index is 1.29. The number of hydrogen-bond donors (Lipinski definition) is 2. The van der Waals surface area contributed by atoms with Crippen LogP contribution in [0.5, 0.6) is 0 Å². The number of rotatable bonds is 9. The number of amides is 2. The lowest BCUT2D eigenvalue weighted by molar-refractivity contribution is -0.134. The first-order chi connectivity index (χ1) is 20.3. The molecule has 2 aliphatic rings. The van der Waals surface area contributed by atoms with Gasteiger partial charge in [-0.15, -0.1) is 0 Å². The largest absolute Gasteiger partial charge is 0.350 e. The lowest BCUT2D eigenvalue weighted by atomic mass is 9.87. The maximum atomic E-state index is 14.1. The SMILES string of the molecule is CCC(CN1CCC(CNC(=O)c2ccc3cc(Cl)ccc3c2)N[C@@H](C2CCN(C(C)C)CC2)C1=O)c1ccccc1. The van der Waals surface area contributed by atoms with E-state index in [0.29, 0.717) is 35.6 Å². The zero-order valence-electron chi connectivity index (χ0n) is 25.2. The molecule has 42 heavy (non-hydrogen) atoms. The number of piperidine rings is 1. The normalized spacial score (nSPS) is 21.5. The molecule has 5 rings (SSSR count). The molecule has 0 aromatic heterocycles. The van der Waals surface area contributed by atoms with E-state index in [4.69, 9.17) is 11.6 Å². The lowest BCUT2D eigenvalue weighted by Gasteiger charge is -2.39. The van der Waals surface area contributed by atoms with E-state index in [1.54, 1.807) is 0 Å². The van der Waals surface area contributed by atoms with Gasteiger partial charge in [-0.2, -0.15) is 0 Å². The summed E-state index contributed by atoms with van der Waals surface area (Å²) < 4.78 is 0. The summed E-state index contributed by atoms with van der Waals surface area (Å²) in [6, 6.07) is 22.2. The number of nitrogens with zero attached hydrogens (tertiary/aromatic N) is 2. The Hall–Kier alpha value is -2.93. The number of carbonyl (C=O) groups excluding carboxylic acids is 2. The summed E-state index contributed by atoms with van der Waals surface area (Å²) in [5, 5.41) is 9.58. The predicted octanol–water partition coefficient (Wildman–Crippen LogP) is 6.10. The quantitative estimate of drug-likeness (QED) is 0.317. The number of halogens is 1. The molecule has 224 valence electrons. The second-order valence-corrected chi connectivity index (χ2v) is 12.7. The molecule has 2 fully saturated rings. The van der Waals surface area contributed by atoms with Crippen LogP contribution in [-0.4, -0.2) is 72.5 Å². The van der Waals surface area contributed by atoms with Crippen LogP contribution in [-0.2, 0) is 4.79 Å². The molecule has 2 unspecified atom stereocenters. The Morgan fingerprint density at radius 3 is 2.40 bits per heavy atom. The van der Waals surface area contributed by atoms with Gasteiger partial charge in [0.2, 0.25) is 5.91 Å². The molecule has 7 heteroatoms. The Kier molecular flexibility index (Phi) is 10.2. The van der Waals surface area contributed by atoms with Crippen molar-refractivity contribution in [2.75, 3.05) is 32.7 Å². The van der Waals surface area contributed by atoms with E-state index in [1.807, 2.05) is 42.5 Å². The van der Waals surface area contributed by atoms with Gasteiger partial charge in [-0.25, -0.2) is 0 Å². The number of fused-ring (bicyclic) bond motifs is 1. The maximum Gasteiger partial charge on any atom is 0.251 e. The van der Waals surface area contributed by atoms with Crippen LogP contribution in [0.4, 0.5) is 0 Å². The van der Waals surface area contributed by atoms with E-state index in [-0.39, 0.29) is 29.8 Å². The van der Waals surface area contributed by atoms with Crippen LogP contribution in [0, 0.1) is 5.92 Å². The van der Waals surface area contributed by atoms with Crippen LogP contribution in [0.2, 0.25) is 5.02 Å². The molecule has 2 heterocycles. The average molecular weight is 589 g/mol. The summed E-state index contributed by atoms with van der Waals surface area (Å²) >= 11 is 6.13. The smallest absolute Gasteiger partial charge is 0.251 e. The van der Waals surface area contributed by atoms with Crippen molar-refractivity contribution < 1.29 is 9.59 Å². The third-order valence-corrected chi connectivity index (χ3v) is 9.53. The minimum atomic E-state index is -0.234. The van der Waals surface area contributed by atoms with Crippen molar-refractivity contribution in [1.82, 2.24) is 20.4 Å². The summed E-state index contributed by atoms with van der Waals surface area (Å²) in [6.07, 6.45) is 3.79. The summed E-state index contributed by atoms with van der Waals surface area (Å²) in [7, 11) is 0. The summed E-state index contributed by atoms with van der Waals surface area (Å²) in [6.45, 7) is 10.6. The highest BCUT2D eigenvalue weighted by Gasteiger charge is 2.38. The van der Waals surface area contributed by atoms with Gasteiger partial charge in [0.25, 0.3) is 5.91 Å². The van der Waals surface area contributed by atoms with Crippen molar-refractivity contribution in [2.45, 2.75) is 70.5 Å². The van der Waals surface area contributed by atoms with Gasteiger partial charge in [-0.3, -0.25) is 9.59 Å². The van der Waals surface area contributed by atoms with Gasteiger partial charge < -0.3 is 20.4 Å². The fraction of sp³-hybridized carbons (Fsp3) is 0.486. The molecule has 3 aromatic rings. The van der Waals surface area contributed by atoms with Crippen molar-refractivity contribution in [2.24, 2.45) is 5.92 Å². The third kappa shape index (κ3) is 7.34. The first-order valence-electron chi connectivity index (χ1n) is 15.6. The molecule has 3 atom stereocenters. The van der Waals surface area contributed by atoms with E-state index in [0.717, 1.165) is 56.1 Å². The van der Waals surface area contributed by atoms with Crippen LogP contribution in [0.25, 0.3) is 10.8 Å². The monoisotopic (exact) mass is 588 g/mol.